The Morgan fingerprint density at radius 2 is 2.45 bits per heavy atom. The Bertz CT molecular complexity index is 293. The minimum atomic E-state index is 0.410. The van der Waals surface area contributed by atoms with E-state index in [4.69, 9.17) is 0 Å². The van der Waals surface area contributed by atoms with Crippen LogP contribution in [-0.4, -0.2) is 16.2 Å². The molecular weight excluding hydrogens is 138 g/mol. The van der Waals surface area contributed by atoms with Crippen LogP contribution in [0.3, 0.4) is 0 Å². The Kier molecular flexibility index (Phi) is 1.42. The third kappa shape index (κ3) is 0.926. The monoisotopic (exact) mass is 147 g/mol. The summed E-state index contributed by atoms with van der Waals surface area (Å²) in [6.07, 6.45) is 6.34. The lowest BCUT2D eigenvalue weighted by Crippen LogP contribution is -1.96. The first-order valence-corrected chi connectivity index (χ1v) is 3.76. The summed E-state index contributed by atoms with van der Waals surface area (Å²) in [5.74, 6) is 0.410. The largest absolute Gasteiger partial charge is 0.257 e. The highest BCUT2D eigenvalue weighted by atomic mass is 14.9. The molecule has 1 aromatic heterocycles. The summed E-state index contributed by atoms with van der Waals surface area (Å²) in [5.41, 5.74) is 2.00. The van der Waals surface area contributed by atoms with Crippen LogP contribution in [0, 0.1) is 0 Å². The number of hydrogen-bond donors (Lipinski definition) is 0. The Hall–Kier alpha value is -1.25. The average Bonchev–Trinajstić information content (AvgIpc) is 2.47. The number of hydrogen-bond acceptors (Lipinski definition) is 3. The van der Waals surface area contributed by atoms with Gasteiger partial charge in [0.1, 0.15) is 12.0 Å². The van der Waals surface area contributed by atoms with Gasteiger partial charge in [-0.1, -0.05) is 6.92 Å². The van der Waals surface area contributed by atoms with Gasteiger partial charge in [0.25, 0.3) is 0 Å². The fourth-order valence-electron chi connectivity index (χ4n) is 1.26. The van der Waals surface area contributed by atoms with E-state index in [0.717, 1.165) is 17.8 Å². The molecule has 0 saturated carbocycles. The number of nitrogens with zero attached hydrogens (tertiary/aromatic N) is 3. The smallest absolute Gasteiger partial charge is 0.115 e. The molecule has 0 aliphatic carbocycles. The second-order valence-corrected chi connectivity index (χ2v) is 2.59. The van der Waals surface area contributed by atoms with Gasteiger partial charge in [-0.25, -0.2) is 9.97 Å². The minimum Gasteiger partial charge on any atom is -0.257 e. The van der Waals surface area contributed by atoms with Gasteiger partial charge in [-0.3, -0.25) is 4.99 Å². The van der Waals surface area contributed by atoms with Crippen LogP contribution in [0.2, 0.25) is 0 Å². The molecular formula is C8H9N3. The standard InChI is InChI=1S/C8H9N3/c1-2-6-3-10-7-4-9-5-11-8(6)7/h3-6H,2H2,1H3. The molecule has 2 heterocycles. The molecule has 0 N–H and O–H groups in total. The summed E-state index contributed by atoms with van der Waals surface area (Å²) in [6, 6.07) is 0. The van der Waals surface area contributed by atoms with Crippen LogP contribution in [-0.2, 0) is 0 Å². The molecule has 1 atom stereocenters. The molecule has 0 fully saturated rings. The van der Waals surface area contributed by atoms with E-state index in [-0.39, 0.29) is 0 Å². The summed E-state index contributed by atoms with van der Waals surface area (Å²) < 4.78 is 0. The Balaban J connectivity index is 2.46. The molecule has 11 heavy (non-hydrogen) atoms. The molecule has 0 spiro atoms. The first-order valence-electron chi connectivity index (χ1n) is 3.76. The van der Waals surface area contributed by atoms with Crippen LogP contribution < -0.4 is 0 Å². The summed E-state index contributed by atoms with van der Waals surface area (Å²) >= 11 is 0. The Morgan fingerprint density at radius 1 is 1.55 bits per heavy atom. The second kappa shape index (κ2) is 2.42. The highest BCUT2D eigenvalue weighted by Crippen LogP contribution is 2.30. The summed E-state index contributed by atoms with van der Waals surface area (Å²) in [4.78, 5) is 12.3. The van der Waals surface area contributed by atoms with E-state index in [1.165, 1.54) is 0 Å². The Labute approximate surface area is 65.2 Å². The fourth-order valence-corrected chi connectivity index (χ4v) is 1.26. The van der Waals surface area contributed by atoms with Gasteiger partial charge in [0.2, 0.25) is 0 Å². The second-order valence-electron chi connectivity index (χ2n) is 2.59. The molecule has 56 valence electrons. The van der Waals surface area contributed by atoms with Crippen LogP contribution in [0.1, 0.15) is 25.0 Å². The zero-order valence-electron chi connectivity index (χ0n) is 6.36. The number of aliphatic imine (C=N–C) groups is 1. The van der Waals surface area contributed by atoms with Gasteiger partial charge in [0, 0.05) is 12.1 Å². The van der Waals surface area contributed by atoms with Gasteiger partial charge in [-0.2, -0.15) is 0 Å². The van der Waals surface area contributed by atoms with Gasteiger partial charge < -0.3 is 0 Å². The average molecular weight is 147 g/mol. The van der Waals surface area contributed by atoms with Crippen molar-refractivity contribution in [2.24, 2.45) is 4.99 Å². The number of rotatable bonds is 1. The zero-order valence-corrected chi connectivity index (χ0v) is 6.36. The molecule has 1 aliphatic rings. The quantitative estimate of drug-likeness (QED) is 0.606. The molecule has 1 aliphatic heterocycles. The van der Waals surface area contributed by atoms with E-state index in [2.05, 4.69) is 21.9 Å². The number of fused-ring (bicyclic) bond motifs is 1. The zero-order chi connectivity index (χ0) is 7.68. The third-order valence-corrected chi connectivity index (χ3v) is 1.91. The van der Waals surface area contributed by atoms with Gasteiger partial charge in [0.05, 0.1) is 11.9 Å². The van der Waals surface area contributed by atoms with Crippen molar-refractivity contribution in [1.29, 1.82) is 0 Å². The SMILES string of the molecule is CCC1C=Nc2cncnc21. The van der Waals surface area contributed by atoms with Crippen LogP contribution in [0.15, 0.2) is 17.5 Å². The lowest BCUT2D eigenvalue weighted by Gasteiger charge is -2.01. The van der Waals surface area contributed by atoms with E-state index in [9.17, 15) is 0 Å². The van der Waals surface area contributed by atoms with Crippen LogP contribution >= 0.6 is 0 Å². The van der Waals surface area contributed by atoms with Crippen molar-refractivity contribution in [1.82, 2.24) is 9.97 Å². The van der Waals surface area contributed by atoms with E-state index in [0.29, 0.717) is 5.92 Å². The van der Waals surface area contributed by atoms with Crippen molar-refractivity contribution in [2.75, 3.05) is 0 Å². The molecule has 1 aromatic rings. The van der Waals surface area contributed by atoms with Gasteiger partial charge in [-0.05, 0) is 6.42 Å². The molecule has 1 unspecified atom stereocenters. The predicted octanol–water partition coefficient (Wildman–Crippen LogP) is 1.69. The van der Waals surface area contributed by atoms with Crippen molar-refractivity contribution in [3.8, 4) is 0 Å². The maximum atomic E-state index is 4.20. The normalized spacial score (nSPS) is 20.3. The molecule has 3 nitrogen and oxygen atoms in total. The lowest BCUT2D eigenvalue weighted by molar-refractivity contribution is 0.836. The van der Waals surface area contributed by atoms with Crippen molar-refractivity contribution < 1.29 is 0 Å². The summed E-state index contributed by atoms with van der Waals surface area (Å²) in [6.45, 7) is 2.13. The molecule has 2 rings (SSSR count). The van der Waals surface area contributed by atoms with E-state index in [1.54, 1.807) is 12.5 Å². The van der Waals surface area contributed by atoms with E-state index < -0.39 is 0 Å². The van der Waals surface area contributed by atoms with Crippen molar-refractivity contribution in [2.45, 2.75) is 19.3 Å². The maximum absolute atomic E-state index is 4.20. The minimum absolute atomic E-state index is 0.410. The lowest BCUT2D eigenvalue weighted by atomic mass is 10.1. The van der Waals surface area contributed by atoms with Crippen LogP contribution in [0.4, 0.5) is 5.69 Å². The van der Waals surface area contributed by atoms with Crippen molar-refractivity contribution >= 4 is 11.9 Å². The van der Waals surface area contributed by atoms with E-state index in [1.807, 2.05) is 6.21 Å². The third-order valence-electron chi connectivity index (χ3n) is 1.91. The van der Waals surface area contributed by atoms with Gasteiger partial charge in [-0.15, -0.1) is 0 Å². The molecule has 0 bridgehead atoms. The molecule has 3 heteroatoms. The predicted molar refractivity (Wildman–Crippen MR) is 43.2 cm³/mol. The first-order chi connectivity index (χ1) is 5.42. The Morgan fingerprint density at radius 3 is 3.27 bits per heavy atom. The summed E-state index contributed by atoms with van der Waals surface area (Å²) in [7, 11) is 0. The molecule has 0 radical (unpaired) electrons. The summed E-state index contributed by atoms with van der Waals surface area (Å²) in [5, 5.41) is 0. The highest BCUT2D eigenvalue weighted by Gasteiger charge is 2.17. The van der Waals surface area contributed by atoms with Gasteiger partial charge >= 0.3 is 0 Å². The van der Waals surface area contributed by atoms with Crippen LogP contribution in [0.25, 0.3) is 0 Å². The number of aromatic nitrogens is 2. The molecule has 0 amide bonds. The first kappa shape index (κ1) is 6.46. The van der Waals surface area contributed by atoms with Gasteiger partial charge in [0.15, 0.2) is 0 Å². The molecule has 0 saturated heterocycles. The van der Waals surface area contributed by atoms with Crippen molar-refractivity contribution in [3.63, 3.8) is 0 Å². The fraction of sp³-hybridized carbons (Fsp3) is 0.375. The topological polar surface area (TPSA) is 38.1 Å². The molecule has 0 aromatic carbocycles. The maximum Gasteiger partial charge on any atom is 0.115 e. The van der Waals surface area contributed by atoms with Crippen molar-refractivity contribution in [3.05, 3.63) is 18.2 Å². The van der Waals surface area contributed by atoms with E-state index >= 15 is 0 Å². The van der Waals surface area contributed by atoms with Crippen LogP contribution in [0.5, 0.6) is 0 Å². The highest BCUT2D eigenvalue weighted by molar-refractivity contribution is 5.78.